The predicted molar refractivity (Wildman–Crippen MR) is 189 cm³/mol. The molecule has 0 heterocycles. The first kappa shape index (κ1) is 47.5. The van der Waals surface area contributed by atoms with Crippen molar-refractivity contribution in [3.05, 3.63) is 11.3 Å². The lowest BCUT2D eigenvalue weighted by molar-refractivity contribution is -0.145. The maximum atomic E-state index is 12.7. The third-order valence-electron chi connectivity index (χ3n) is 6.95. The van der Waals surface area contributed by atoms with Crippen molar-refractivity contribution in [3.63, 3.8) is 0 Å². The number of rotatable bonds is 15. The van der Waals surface area contributed by atoms with Gasteiger partial charge in [0.15, 0.2) is 28.9 Å². The molecule has 0 aliphatic heterocycles. The Morgan fingerprint density at radius 3 is 1.41 bits per heavy atom. The summed E-state index contributed by atoms with van der Waals surface area (Å²) in [5.41, 5.74) is -0.630. The Kier molecular flexibility index (Phi) is 20.5. The molecule has 2 aliphatic rings. The molecule has 0 radical (unpaired) electrons. The van der Waals surface area contributed by atoms with Crippen LogP contribution in [-0.4, -0.2) is 55.3 Å². The van der Waals surface area contributed by atoms with Gasteiger partial charge in [-0.2, -0.15) is 0 Å². The van der Waals surface area contributed by atoms with E-state index in [9.17, 15) is 33.1 Å². The van der Waals surface area contributed by atoms with Crippen molar-refractivity contribution >= 4 is 54.9 Å². The maximum absolute atomic E-state index is 12.7. The fourth-order valence-corrected chi connectivity index (χ4v) is 7.81. The molecule has 0 bridgehead atoms. The van der Waals surface area contributed by atoms with Crippen LogP contribution in [0.25, 0.3) is 0 Å². The van der Waals surface area contributed by atoms with Gasteiger partial charge in [-0.1, -0.05) is 55.4 Å². The summed E-state index contributed by atoms with van der Waals surface area (Å²) in [4.78, 5) is 60.4. The van der Waals surface area contributed by atoms with E-state index in [-0.39, 0.29) is 89.0 Å². The number of carbonyl (C=O) groups excluding carboxylic acids is 5. The number of Topliss-reactive ketones (excluding diaryl/α,β-unsaturated/α-hetero) is 5. The summed E-state index contributed by atoms with van der Waals surface area (Å²) in [7, 11) is -3.85. The summed E-state index contributed by atoms with van der Waals surface area (Å²) in [5.74, 6) is -1.64. The lowest BCUT2D eigenvalue weighted by atomic mass is 9.70. The summed E-state index contributed by atoms with van der Waals surface area (Å²) in [6, 6.07) is 0. The fourth-order valence-electron chi connectivity index (χ4n) is 5.29. The molecule has 0 amide bonds. The molecular weight excluding hydrogens is 698 g/mol. The lowest BCUT2D eigenvalue weighted by Crippen LogP contribution is -2.42. The minimum Gasteiger partial charge on any atom is -0.408 e. The molecule has 15 heteroatoms. The van der Waals surface area contributed by atoms with E-state index in [2.05, 4.69) is 9.05 Å². The van der Waals surface area contributed by atoms with Gasteiger partial charge in [-0.15, -0.1) is 0 Å². The highest BCUT2D eigenvalue weighted by Gasteiger charge is 2.43. The molecule has 0 aromatic rings. The van der Waals surface area contributed by atoms with Gasteiger partial charge < -0.3 is 4.52 Å². The highest BCUT2D eigenvalue weighted by Crippen LogP contribution is 2.54. The Labute approximate surface area is 298 Å². The first-order valence-corrected chi connectivity index (χ1v) is 20.8. The molecule has 2 fully saturated rings. The van der Waals surface area contributed by atoms with Crippen LogP contribution >= 0.6 is 26.0 Å². The quantitative estimate of drug-likeness (QED) is 0.0512. The summed E-state index contributed by atoms with van der Waals surface area (Å²) in [6.45, 7) is 19.7. The van der Waals surface area contributed by atoms with Crippen LogP contribution in [0.1, 0.15) is 122 Å². The topological polar surface area (TPSA) is 166 Å². The Hall–Kier alpha value is -1.52. The highest BCUT2D eigenvalue weighted by molar-refractivity contribution is 7.81. The zero-order chi connectivity index (χ0) is 38.4. The number of carbonyl (C=O) groups is 5. The average molecular weight is 757 g/mol. The van der Waals surface area contributed by atoms with E-state index in [0.29, 0.717) is 38.9 Å². The predicted octanol–water partition coefficient (Wildman–Crippen LogP) is 9.02. The van der Waals surface area contributed by atoms with E-state index in [0.717, 1.165) is 0 Å². The Bertz CT molecular complexity index is 1210. The van der Waals surface area contributed by atoms with Gasteiger partial charge in [0.1, 0.15) is 11.7 Å². The van der Waals surface area contributed by atoms with Gasteiger partial charge in [-0.05, 0) is 50.4 Å². The minimum atomic E-state index is -3.85. The second-order valence-corrected chi connectivity index (χ2v) is 18.6. The summed E-state index contributed by atoms with van der Waals surface area (Å²) in [6.07, 6.45) is 1.83. The number of phosphoric ester groups is 1. The molecule has 0 saturated heterocycles. The van der Waals surface area contributed by atoms with Crippen molar-refractivity contribution in [2.45, 2.75) is 122 Å². The normalized spacial score (nSPS) is 18.1. The number of phosphoric acid groups is 1. The van der Waals surface area contributed by atoms with Crippen molar-refractivity contribution in [2.75, 3.05) is 26.4 Å². The third kappa shape index (κ3) is 18.0. The molecule has 0 N–H and O–H groups in total. The molecule has 0 aromatic carbocycles. The van der Waals surface area contributed by atoms with Crippen LogP contribution in [0.4, 0.5) is 0 Å². The SMILES string of the molecule is CC(C)CC(=O)C1C(=O)CC(C)(C)CC1=O.CCOP(=O)(Cl)OCC.CCOP(=O)(OCC)OC(CC(C)C)=C1C(=O)CC(C)(C)CC1=O. The van der Waals surface area contributed by atoms with Crippen LogP contribution < -0.4 is 0 Å². The molecule has 0 spiro atoms. The van der Waals surface area contributed by atoms with Gasteiger partial charge >= 0.3 is 14.8 Å². The van der Waals surface area contributed by atoms with Gasteiger partial charge in [0.25, 0.3) is 0 Å². The molecule has 2 aliphatic carbocycles. The van der Waals surface area contributed by atoms with Crippen LogP contribution in [0.2, 0.25) is 0 Å². The lowest BCUT2D eigenvalue weighted by Gasteiger charge is -2.31. The van der Waals surface area contributed by atoms with Gasteiger partial charge in [0, 0.05) is 49.8 Å². The second-order valence-electron chi connectivity index (χ2n) is 14.3. The zero-order valence-corrected chi connectivity index (χ0v) is 34.0. The standard InChI is InChI=1S/C17H29O6P.C13H20O3.C4H10ClO3P/c1-7-21-24(20,22-8-2)23-15(9-12(3)4)16-13(18)10-17(5,6)11-14(16)19;1-8(2)5-9(14)12-10(15)6-13(3,4)7-11(12)16;1-3-7-9(5,6)8-4-2/h12H,7-11H2,1-6H3;8,12H,5-7H2,1-4H3;3-4H2,1-2H3. The largest absolute Gasteiger partial charge is 0.529 e. The van der Waals surface area contributed by atoms with Crippen molar-refractivity contribution in [1.82, 2.24) is 0 Å². The van der Waals surface area contributed by atoms with Crippen molar-refractivity contribution in [3.8, 4) is 0 Å². The van der Waals surface area contributed by atoms with Crippen molar-refractivity contribution < 1.29 is 55.7 Å². The van der Waals surface area contributed by atoms with Crippen LogP contribution in [-0.2, 0) is 55.7 Å². The van der Waals surface area contributed by atoms with E-state index < -0.39 is 20.7 Å². The van der Waals surface area contributed by atoms with Crippen LogP contribution in [0, 0.1) is 28.6 Å². The van der Waals surface area contributed by atoms with E-state index in [1.54, 1.807) is 27.7 Å². The number of halogens is 1. The zero-order valence-electron chi connectivity index (χ0n) is 31.5. The van der Waals surface area contributed by atoms with Crippen LogP contribution in [0.15, 0.2) is 11.3 Å². The molecular formula is C34H59ClO12P2. The molecule has 284 valence electrons. The van der Waals surface area contributed by atoms with Gasteiger partial charge in [0.05, 0.1) is 32.0 Å². The second kappa shape index (κ2) is 21.1. The first-order chi connectivity index (χ1) is 22.4. The molecule has 49 heavy (non-hydrogen) atoms. The monoisotopic (exact) mass is 756 g/mol. The molecule has 2 saturated carbocycles. The van der Waals surface area contributed by atoms with E-state index in [1.165, 1.54) is 0 Å². The third-order valence-corrected chi connectivity index (χ3v) is 10.3. The van der Waals surface area contributed by atoms with E-state index >= 15 is 0 Å². The fraction of sp³-hybridized carbons (Fsp3) is 0.794. The van der Waals surface area contributed by atoms with Crippen LogP contribution in [0.5, 0.6) is 0 Å². The Morgan fingerprint density at radius 1 is 0.694 bits per heavy atom. The first-order valence-electron chi connectivity index (χ1n) is 16.9. The smallest absolute Gasteiger partial charge is 0.408 e. The summed E-state index contributed by atoms with van der Waals surface area (Å²) >= 11 is 5.25. The summed E-state index contributed by atoms with van der Waals surface area (Å²) in [5, 5.41) is 0. The van der Waals surface area contributed by atoms with Gasteiger partial charge in [-0.3, -0.25) is 42.1 Å². The number of hydrogen-bond donors (Lipinski definition) is 0. The molecule has 0 unspecified atom stereocenters. The molecule has 0 atom stereocenters. The van der Waals surface area contributed by atoms with Crippen molar-refractivity contribution in [1.29, 1.82) is 0 Å². The maximum Gasteiger partial charge on any atom is 0.529 e. The number of hydrogen-bond acceptors (Lipinski definition) is 12. The molecule has 2 rings (SSSR count). The Morgan fingerprint density at radius 2 is 1.06 bits per heavy atom. The number of allylic oxidation sites excluding steroid dienone is 2. The number of ketones is 5. The van der Waals surface area contributed by atoms with Crippen molar-refractivity contribution in [2.24, 2.45) is 28.6 Å². The van der Waals surface area contributed by atoms with E-state index in [1.807, 2.05) is 55.4 Å². The van der Waals surface area contributed by atoms with Gasteiger partial charge in [-0.25, -0.2) is 9.13 Å². The highest BCUT2D eigenvalue weighted by atomic mass is 35.7. The van der Waals surface area contributed by atoms with E-state index in [4.69, 9.17) is 24.8 Å². The summed E-state index contributed by atoms with van der Waals surface area (Å²) < 4.78 is 48.3. The van der Waals surface area contributed by atoms with Gasteiger partial charge in [0.2, 0.25) is 0 Å². The average Bonchev–Trinajstić information content (AvgIpc) is 2.86. The van der Waals surface area contributed by atoms with Crippen LogP contribution in [0.3, 0.4) is 0 Å². The molecule has 0 aromatic heterocycles. The molecule has 12 nitrogen and oxygen atoms in total. The Balaban J connectivity index is 0.000000790. The minimum absolute atomic E-state index is 0.0163.